The van der Waals surface area contributed by atoms with Gasteiger partial charge in [0.1, 0.15) is 0 Å². The Morgan fingerprint density at radius 2 is 2.14 bits per heavy atom. The van der Waals surface area contributed by atoms with Crippen molar-refractivity contribution in [3.63, 3.8) is 0 Å². The third-order valence-electron chi connectivity index (χ3n) is 3.25. The molecule has 0 atom stereocenters. The molecular weight excluding hydrogens is 176 g/mol. The quantitative estimate of drug-likeness (QED) is 0.783. The number of rotatable bonds is 2. The Hall–Kier alpha value is -1.06. The molecular formula is C10H18N4. The molecule has 78 valence electrons. The Morgan fingerprint density at radius 1 is 1.43 bits per heavy atom. The molecule has 0 saturated heterocycles. The zero-order chi connectivity index (χ0) is 9.97. The SMILES string of the molecule is CCC1CCC(n2ncc(N)n2)CC1. The lowest BCUT2D eigenvalue weighted by Gasteiger charge is -2.26. The van der Waals surface area contributed by atoms with Crippen molar-refractivity contribution in [3.05, 3.63) is 6.20 Å². The maximum atomic E-state index is 5.54. The highest BCUT2D eigenvalue weighted by Gasteiger charge is 2.22. The predicted octanol–water partition coefficient (Wildman–Crippen LogP) is 2.00. The summed E-state index contributed by atoms with van der Waals surface area (Å²) in [5.41, 5.74) is 5.54. The molecule has 1 heterocycles. The van der Waals surface area contributed by atoms with Gasteiger partial charge in [0, 0.05) is 0 Å². The van der Waals surface area contributed by atoms with Crippen LogP contribution in [0.3, 0.4) is 0 Å². The van der Waals surface area contributed by atoms with Crippen molar-refractivity contribution in [2.24, 2.45) is 5.92 Å². The topological polar surface area (TPSA) is 56.7 Å². The van der Waals surface area contributed by atoms with E-state index in [4.69, 9.17) is 5.73 Å². The molecule has 0 aliphatic heterocycles. The van der Waals surface area contributed by atoms with Gasteiger partial charge in [0.25, 0.3) is 0 Å². The van der Waals surface area contributed by atoms with Crippen molar-refractivity contribution in [2.45, 2.75) is 45.1 Å². The molecule has 0 spiro atoms. The number of nitrogens with two attached hydrogens (primary N) is 1. The van der Waals surface area contributed by atoms with Gasteiger partial charge in [-0.05, 0) is 31.6 Å². The van der Waals surface area contributed by atoms with Gasteiger partial charge in [0.15, 0.2) is 5.82 Å². The van der Waals surface area contributed by atoms with E-state index in [1.807, 2.05) is 0 Å². The molecule has 2 N–H and O–H groups in total. The summed E-state index contributed by atoms with van der Waals surface area (Å²) in [5.74, 6) is 1.45. The molecule has 14 heavy (non-hydrogen) atoms. The van der Waals surface area contributed by atoms with E-state index < -0.39 is 0 Å². The summed E-state index contributed by atoms with van der Waals surface area (Å²) in [7, 11) is 0. The van der Waals surface area contributed by atoms with Crippen LogP contribution in [0.5, 0.6) is 0 Å². The van der Waals surface area contributed by atoms with E-state index >= 15 is 0 Å². The fraction of sp³-hybridized carbons (Fsp3) is 0.800. The summed E-state index contributed by atoms with van der Waals surface area (Å²) in [6, 6.07) is 0.482. The molecule has 0 aromatic carbocycles. The number of nitrogens with zero attached hydrogens (tertiary/aromatic N) is 3. The highest BCUT2D eigenvalue weighted by atomic mass is 15.5. The molecule has 4 heteroatoms. The van der Waals surface area contributed by atoms with Crippen LogP contribution in [0.4, 0.5) is 5.82 Å². The molecule has 0 bridgehead atoms. The van der Waals surface area contributed by atoms with Crippen LogP contribution in [0, 0.1) is 5.92 Å². The van der Waals surface area contributed by atoms with E-state index in [0.29, 0.717) is 11.9 Å². The first-order valence-electron chi connectivity index (χ1n) is 5.47. The minimum Gasteiger partial charge on any atom is -0.381 e. The second-order valence-corrected chi connectivity index (χ2v) is 4.17. The third-order valence-corrected chi connectivity index (χ3v) is 3.25. The standard InChI is InChI=1S/C10H18N4/c1-2-8-3-5-9(6-4-8)14-12-7-10(11)13-14/h7-9H,2-6H2,1H3,(H2,11,13). The molecule has 1 aromatic rings. The summed E-state index contributed by atoms with van der Waals surface area (Å²) in [6.07, 6.45) is 7.96. The molecule has 1 aromatic heterocycles. The van der Waals surface area contributed by atoms with Gasteiger partial charge in [-0.25, -0.2) is 0 Å². The third kappa shape index (κ3) is 1.89. The summed E-state index contributed by atoms with van der Waals surface area (Å²) in [5, 5.41) is 8.34. The highest BCUT2D eigenvalue weighted by Crippen LogP contribution is 2.32. The minimum absolute atomic E-state index is 0.482. The summed E-state index contributed by atoms with van der Waals surface area (Å²) in [4.78, 5) is 1.79. The van der Waals surface area contributed by atoms with Crippen LogP contribution in [-0.2, 0) is 0 Å². The Labute approximate surface area is 84.5 Å². The molecule has 4 nitrogen and oxygen atoms in total. The molecule has 1 saturated carbocycles. The predicted molar refractivity (Wildman–Crippen MR) is 55.7 cm³/mol. The van der Waals surface area contributed by atoms with Crippen molar-refractivity contribution >= 4 is 5.82 Å². The van der Waals surface area contributed by atoms with Gasteiger partial charge in [-0.1, -0.05) is 13.3 Å². The van der Waals surface area contributed by atoms with Crippen LogP contribution >= 0.6 is 0 Å². The summed E-state index contributed by atoms with van der Waals surface area (Å²) < 4.78 is 0. The average Bonchev–Trinajstić information content (AvgIpc) is 2.65. The highest BCUT2D eigenvalue weighted by molar-refractivity contribution is 5.19. The van der Waals surface area contributed by atoms with Crippen LogP contribution in [0.25, 0.3) is 0 Å². The number of hydrogen-bond donors (Lipinski definition) is 1. The van der Waals surface area contributed by atoms with E-state index in [1.165, 1.54) is 32.1 Å². The average molecular weight is 194 g/mol. The van der Waals surface area contributed by atoms with Crippen LogP contribution in [0.2, 0.25) is 0 Å². The lowest BCUT2D eigenvalue weighted by Crippen LogP contribution is -2.19. The van der Waals surface area contributed by atoms with Crippen LogP contribution in [-0.4, -0.2) is 15.0 Å². The Bertz CT molecular complexity index is 286. The lowest BCUT2D eigenvalue weighted by atomic mass is 9.85. The second-order valence-electron chi connectivity index (χ2n) is 4.17. The normalized spacial score (nSPS) is 27.8. The first kappa shape index (κ1) is 9.49. The minimum atomic E-state index is 0.482. The summed E-state index contributed by atoms with van der Waals surface area (Å²) >= 11 is 0. The smallest absolute Gasteiger partial charge is 0.165 e. The Balaban J connectivity index is 1.95. The molecule has 2 rings (SSSR count). The fourth-order valence-corrected chi connectivity index (χ4v) is 2.25. The molecule has 1 aliphatic carbocycles. The number of nitrogen functional groups attached to an aromatic ring is 1. The maximum Gasteiger partial charge on any atom is 0.165 e. The van der Waals surface area contributed by atoms with Crippen molar-refractivity contribution in [1.29, 1.82) is 0 Å². The first-order chi connectivity index (χ1) is 6.79. The zero-order valence-electron chi connectivity index (χ0n) is 8.69. The van der Waals surface area contributed by atoms with Gasteiger partial charge in [0.2, 0.25) is 0 Å². The van der Waals surface area contributed by atoms with Gasteiger partial charge in [0.05, 0.1) is 12.2 Å². The first-order valence-corrected chi connectivity index (χ1v) is 5.47. The van der Waals surface area contributed by atoms with Gasteiger partial charge >= 0.3 is 0 Å². The number of anilines is 1. The van der Waals surface area contributed by atoms with E-state index in [2.05, 4.69) is 17.1 Å². The van der Waals surface area contributed by atoms with Crippen molar-refractivity contribution in [2.75, 3.05) is 5.73 Å². The van der Waals surface area contributed by atoms with Gasteiger partial charge in [-0.15, -0.1) is 5.10 Å². The van der Waals surface area contributed by atoms with E-state index in [1.54, 1.807) is 11.0 Å². The fourth-order valence-electron chi connectivity index (χ4n) is 2.25. The van der Waals surface area contributed by atoms with Crippen LogP contribution in [0.15, 0.2) is 6.20 Å². The molecule has 0 radical (unpaired) electrons. The van der Waals surface area contributed by atoms with Crippen molar-refractivity contribution in [3.8, 4) is 0 Å². The lowest BCUT2D eigenvalue weighted by molar-refractivity contribution is 0.240. The molecule has 0 unspecified atom stereocenters. The largest absolute Gasteiger partial charge is 0.381 e. The number of hydrogen-bond acceptors (Lipinski definition) is 3. The van der Waals surface area contributed by atoms with Crippen LogP contribution in [0.1, 0.15) is 45.1 Å². The molecule has 0 amide bonds. The van der Waals surface area contributed by atoms with Crippen LogP contribution < -0.4 is 5.73 Å². The second kappa shape index (κ2) is 3.98. The van der Waals surface area contributed by atoms with Crippen molar-refractivity contribution in [1.82, 2.24) is 15.0 Å². The zero-order valence-corrected chi connectivity index (χ0v) is 8.69. The maximum absolute atomic E-state index is 5.54. The Kier molecular flexibility index (Phi) is 2.70. The van der Waals surface area contributed by atoms with Gasteiger partial charge in [-0.2, -0.15) is 9.90 Å². The van der Waals surface area contributed by atoms with E-state index in [0.717, 1.165) is 5.92 Å². The van der Waals surface area contributed by atoms with Crippen molar-refractivity contribution < 1.29 is 0 Å². The summed E-state index contributed by atoms with van der Waals surface area (Å²) in [6.45, 7) is 2.27. The van der Waals surface area contributed by atoms with E-state index in [-0.39, 0.29) is 0 Å². The molecule has 1 aliphatic rings. The number of aromatic nitrogens is 3. The molecule has 1 fully saturated rings. The Morgan fingerprint density at radius 3 is 2.64 bits per heavy atom. The van der Waals surface area contributed by atoms with E-state index in [9.17, 15) is 0 Å². The monoisotopic (exact) mass is 194 g/mol. The van der Waals surface area contributed by atoms with Gasteiger partial charge in [-0.3, -0.25) is 0 Å². The van der Waals surface area contributed by atoms with Gasteiger partial charge < -0.3 is 5.73 Å².